The topological polar surface area (TPSA) is 23.6 Å². The molecule has 2 fully saturated rings. The second-order valence-electron chi connectivity index (χ2n) is 6.14. The Morgan fingerprint density at radius 1 is 1.19 bits per heavy atom. The first-order valence-corrected chi connectivity index (χ1v) is 8.77. The lowest BCUT2D eigenvalue weighted by atomic mass is 10.1. The minimum absolute atomic E-state index is 0.245. The average molecular weight is 351 g/mol. The molecule has 2 heterocycles. The number of nitrogens with zero attached hydrogens (tertiary/aromatic N) is 2. The molecule has 114 valence electrons. The molecule has 1 atom stereocenters. The molecular weight excluding hydrogens is 328 g/mol. The summed E-state index contributed by atoms with van der Waals surface area (Å²) in [6, 6.07) is 8.46. The SMILES string of the molecule is O=C(CCN1CCCN2CCCC2C1)c1ccccc1Br. The molecule has 2 aliphatic heterocycles. The van der Waals surface area contributed by atoms with Crippen LogP contribution in [0.1, 0.15) is 36.0 Å². The van der Waals surface area contributed by atoms with Crippen LogP contribution >= 0.6 is 15.9 Å². The number of ketones is 1. The first-order valence-electron chi connectivity index (χ1n) is 7.98. The van der Waals surface area contributed by atoms with Crippen molar-refractivity contribution < 1.29 is 4.79 Å². The van der Waals surface area contributed by atoms with Crippen molar-refractivity contribution in [3.8, 4) is 0 Å². The Labute approximate surface area is 135 Å². The number of fused-ring (bicyclic) bond motifs is 1. The molecule has 0 aliphatic carbocycles. The Hall–Kier alpha value is -0.710. The van der Waals surface area contributed by atoms with E-state index in [9.17, 15) is 4.79 Å². The average Bonchev–Trinajstić information content (AvgIpc) is 2.83. The number of hydrogen-bond acceptors (Lipinski definition) is 3. The molecule has 0 N–H and O–H groups in total. The second-order valence-corrected chi connectivity index (χ2v) is 6.99. The normalized spacial score (nSPS) is 23.8. The molecule has 3 nitrogen and oxygen atoms in total. The van der Waals surface area contributed by atoms with E-state index in [1.54, 1.807) is 0 Å². The Morgan fingerprint density at radius 2 is 2.00 bits per heavy atom. The van der Waals surface area contributed by atoms with Gasteiger partial charge in [-0.2, -0.15) is 0 Å². The smallest absolute Gasteiger partial charge is 0.165 e. The molecule has 0 amide bonds. The first-order chi connectivity index (χ1) is 10.2. The van der Waals surface area contributed by atoms with Gasteiger partial charge in [0, 0.05) is 35.6 Å². The highest BCUT2D eigenvalue weighted by molar-refractivity contribution is 9.10. The van der Waals surface area contributed by atoms with Gasteiger partial charge in [0.05, 0.1) is 0 Å². The van der Waals surface area contributed by atoms with Crippen molar-refractivity contribution in [1.29, 1.82) is 0 Å². The van der Waals surface area contributed by atoms with E-state index >= 15 is 0 Å². The monoisotopic (exact) mass is 350 g/mol. The van der Waals surface area contributed by atoms with Crippen LogP contribution in [0.5, 0.6) is 0 Å². The molecular formula is C17H23BrN2O. The molecule has 0 radical (unpaired) electrons. The third-order valence-corrected chi connectivity index (χ3v) is 5.41. The molecule has 2 aliphatic rings. The first kappa shape index (κ1) is 15.2. The fraction of sp³-hybridized carbons (Fsp3) is 0.588. The van der Waals surface area contributed by atoms with Crippen molar-refractivity contribution in [2.75, 3.05) is 32.7 Å². The van der Waals surface area contributed by atoms with Gasteiger partial charge >= 0.3 is 0 Å². The van der Waals surface area contributed by atoms with E-state index in [1.165, 1.54) is 32.4 Å². The van der Waals surface area contributed by atoms with Crippen LogP contribution in [0, 0.1) is 0 Å². The number of rotatable bonds is 4. The maximum Gasteiger partial charge on any atom is 0.165 e. The summed E-state index contributed by atoms with van der Waals surface area (Å²) in [6.07, 6.45) is 4.53. The molecule has 1 aromatic rings. The zero-order valence-corrected chi connectivity index (χ0v) is 14.0. The lowest BCUT2D eigenvalue weighted by molar-refractivity contribution is 0.0961. The van der Waals surface area contributed by atoms with E-state index < -0.39 is 0 Å². The van der Waals surface area contributed by atoms with E-state index in [2.05, 4.69) is 25.7 Å². The summed E-state index contributed by atoms with van der Waals surface area (Å²) in [4.78, 5) is 17.5. The second kappa shape index (κ2) is 7.03. The van der Waals surface area contributed by atoms with Crippen molar-refractivity contribution >= 4 is 21.7 Å². The Morgan fingerprint density at radius 3 is 2.86 bits per heavy atom. The van der Waals surface area contributed by atoms with Crippen LogP contribution in [-0.2, 0) is 0 Å². The van der Waals surface area contributed by atoms with Gasteiger partial charge in [-0.1, -0.05) is 34.1 Å². The summed E-state index contributed by atoms with van der Waals surface area (Å²) >= 11 is 3.47. The summed E-state index contributed by atoms with van der Waals surface area (Å²) in [7, 11) is 0. The zero-order valence-electron chi connectivity index (χ0n) is 12.4. The maximum atomic E-state index is 12.4. The number of carbonyl (C=O) groups excluding carboxylic acids is 1. The minimum atomic E-state index is 0.245. The van der Waals surface area contributed by atoms with Crippen molar-refractivity contribution in [3.63, 3.8) is 0 Å². The Bertz CT molecular complexity index is 505. The van der Waals surface area contributed by atoms with Gasteiger partial charge < -0.3 is 4.90 Å². The fourth-order valence-corrected chi connectivity index (χ4v) is 4.07. The largest absolute Gasteiger partial charge is 0.301 e. The van der Waals surface area contributed by atoms with Crippen molar-refractivity contribution in [2.45, 2.75) is 31.7 Å². The lowest BCUT2D eigenvalue weighted by Gasteiger charge is -2.25. The van der Waals surface area contributed by atoms with Crippen LogP contribution in [0.3, 0.4) is 0 Å². The van der Waals surface area contributed by atoms with Gasteiger partial charge in [0.2, 0.25) is 0 Å². The van der Waals surface area contributed by atoms with Crippen LogP contribution in [0.25, 0.3) is 0 Å². The van der Waals surface area contributed by atoms with Crippen LogP contribution in [0.2, 0.25) is 0 Å². The summed E-state index contributed by atoms with van der Waals surface area (Å²) in [5.41, 5.74) is 0.815. The highest BCUT2D eigenvalue weighted by Gasteiger charge is 2.28. The number of halogens is 1. The van der Waals surface area contributed by atoms with E-state index in [0.717, 1.165) is 35.7 Å². The summed E-state index contributed by atoms with van der Waals surface area (Å²) in [6.45, 7) is 5.68. The van der Waals surface area contributed by atoms with E-state index in [0.29, 0.717) is 6.42 Å². The van der Waals surface area contributed by atoms with Crippen molar-refractivity contribution in [2.24, 2.45) is 0 Å². The molecule has 4 heteroatoms. The summed E-state index contributed by atoms with van der Waals surface area (Å²) in [5.74, 6) is 0.245. The van der Waals surface area contributed by atoms with Gasteiger partial charge in [-0.3, -0.25) is 9.69 Å². The Kier molecular flexibility index (Phi) is 5.09. The van der Waals surface area contributed by atoms with E-state index in [-0.39, 0.29) is 5.78 Å². The summed E-state index contributed by atoms with van der Waals surface area (Å²) < 4.78 is 0.910. The van der Waals surface area contributed by atoms with Crippen LogP contribution in [0.4, 0.5) is 0 Å². The number of carbonyl (C=O) groups is 1. The minimum Gasteiger partial charge on any atom is -0.301 e. The molecule has 0 spiro atoms. The van der Waals surface area contributed by atoms with Gasteiger partial charge in [-0.15, -0.1) is 0 Å². The molecule has 1 unspecified atom stereocenters. The predicted molar refractivity (Wildman–Crippen MR) is 88.7 cm³/mol. The molecule has 21 heavy (non-hydrogen) atoms. The van der Waals surface area contributed by atoms with E-state index in [1.807, 2.05) is 24.3 Å². The summed E-state index contributed by atoms with van der Waals surface area (Å²) in [5, 5.41) is 0. The predicted octanol–water partition coefficient (Wildman–Crippen LogP) is 3.19. The molecule has 0 bridgehead atoms. The molecule has 2 saturated heterocycles. The van der Waals surface area contributed by atoms with Crippen molar-refractivity contribution in [3.05, 3.63) is 34.3 Å². The molecule has 1 aromatic carbocycles. The van der Waals surface area contributed by atoms with Crippen LogP contribution in [0.15, 0.2) is 28.7 Å². The van der Waals surface area contributed by atoms with Gasteiger partial charge in [0.25, 0.3) is 0 Å². The van der Waals surface area contributed by atoms with Crippen LogP contribution in [-0.4, -0.2) is 54.3 Å². The van der Waals surface area contributed by atoms with Gasteiger partial charge in [-0.05, 0) is 45.0 Å². The van der Waals surface area contributed by atoms with Gasteiger partial charge in [-0.25, -0.2) is 0 Å². The van der Waals surface area contributed by atoms with Crippen molar-refractivity contribution in [1.82, 2.24) is 9.80 Å². The standard InChI is InChI=1S/C17H23BrN2O/c18-16-7-2-1-6-15(16)17(21)8-12-19-9-4-11-20-10-3-5-14(20)13-19/h1-2,6-7,14H,3-5,8-13H2. The maximum absolute atomic E-state index is 12.4. The highest BCUT2D eigenvalue weighted by Crippen LogP contribution is 2.22. The zero-order chi connectivity index (χ0) is 14.7. The highest BCUT2D eigenvalue weighted by atomic mass is 79.9. The van der Waals surface area contributed by atoms with Gasteiger partial charge in [0.1, 0.15) is 0 Å². The van der Waals surface area contributed by atoms with E-state index in [4.69, 9.17) is 0 Å². The quantitative estimate of drug-likeness (QED) is 0.779. The van der Waals surface area contributed by atoms with Crippen LogP contribution < -0.4 is 0 Å². The van der Waals surface area contributed by atoms with Gasteiger partial charge in [0.15, 0.2) is 5.78 Å². The molecule has 0 saturated carbocycles. The molecule has 0 aromatic heterocycles. The number of hydrogen-bond donors (Lipinski definition) is 0. The Balaban J connectivity index is 1.55. The third kappa shape index (κ3) is 3.74. The fourth-order valence-electron chi connectivity index (χ4n) is 3.57. The third-order valence-electron chi connectivity index (χ3n) is 4.72. The number of benzene rings is 1. The number of Topliss-reactive ketones (excluding diaryl/α,β-unsaturated/α-hetero) is 1. The molecule has 3 rings (SSSR count). The lowest BCUT2D eigenvalue weighted by Crippen LogP contribution is -2.37.